The fourth-order valence-corrected chi connectivity index (χ4v) is 3.20. The van der Waals surface area contributed by atoms with Crippen molar-refractivity contribution in [2.24, 2.45) is 5.73 Å². The standard InChI is InChI=1S/C12H12F3N/c13-12(14,15)9-3-1-2-8(4-9)10-5-11(16,6-10)7-10/h1-4H,5-7,16H2. The SMILES string of the molecule is NC12CC(c3cccc(C(F)(F)F)c3)(C1)C2. The van der Waals surface area contributed by atoms with Gasteiger partial charge in [0, 0.05) is 11.0 Å². The van der Waals surface area contributed by atoms with Gasteiger partial charge in [-0.1, -0.05) is 18.2 Å². The quantitative estimate of drug-likeness (QED) is 0.784. The molecule has 0 saturated heterocycles. The van der Waals surface area contributed by atoms with Gasteiger partial charge in [-0.15, -0.1) is 0 Å². The van der Waals surface area contributed by atoms with Crippen LogP contribution in [0.3, 0.4) is 0 Å². The second-order valence-corrected chi connectivity index (χ2v) is 5.25. The van der Waals surface area contributed by atoms with Crippen molar-refractivity contribution in [2.75, 3.05) is 0 Å². The molecule has 0 atom stereocenters. The van der Waals surface area contributed by atoms with Gasteiger partial charge in [0.15, 0.2) is 0 Å². The fraction of sp³-hybridized carbons (Fsp3) is 0.500. The first-order valence-corrected chi connectivity index (χ1v) is 5.30. The van der Waals surface area contributed by atoms with Gasteiger partial charge in [0.25, 0.3) is 0 Å². The van der Waals surface area contributed by atoms with E-state index in [1.165, 1.54) is 12.1 Å². The Labute approximate surface area is 91.4 Å². The predicted octanol–water partition coefficient (Wildman–Crippen LogP) is 2.84. The zero-order valence-corrected chi connectivity index (χ0v) is 8.64. The largest absolute Gasteiger partial charge is 0.416 e. The summed E-state index contributed by atoms with van der Waals surface area (Å²) in [5, 5.41) is 0. The predicted molar refractivity (Wildman–Crippen MR) is 53.9 cm³/mol. The van der Waals surface area contributed by atoms with E-state index in [1.54, 1.807) is 6.07 Å². The van der Waals surface area contributed by atoms with Crippen LogP contribution in [0.5, 0.6) is 0 Å². The first-order valence-electron chi connectivity index (χ1n) is 5.30. The molecule has 0 amide bonds. The van der Waals surface area contributed by atoms with Crippen LogP contribution >= 0.6 is 0 Å². The van der Waals surface area contributed by atoms with E-state index < -0.39 is 11.7 Å². The molecule has 86 valence electrons. The highest BCUT2D eigenvalue weighted by atomic mass is 19.4. The van der Waals surface area contributed by atoms with Gasteiger partial charge in [-0.2, -0.15) is 13.2 Å². The molecule has 0 heterocycles. The number of benzene rings is 1. The van der Waals surface area contributed by atoms with Crippen LogP contribution in [0.4, 0.5) is 13.2 Å². The number of hydrogen-bond acceptors (Lipinski definition) is 1. The molecule has 1 nitrogen and oxygen atoms in total. The minimum atomic E-state index is -4.25. The number of halogens is 3. The highest BCUT2D eigenvalue weighted by Crippen LogP contribution is 2.66. The summed E-state index contributed by atoms with van der Waals surface area (Å²) < 4.78 is 37.6. The molecule has 0 aromatic heterocycles. The third-order valence-corrected chi connectivity index (χ3v) is 3.87. The van der Waals surface area contributed by atoms with Gasteiger partial charge in [-0.05, 0) is 30.9 Å². The lowest BCUT2D eigenvalue weighted by molar-refractivity contribution is -0.137. The van der Waals surface area contributed by atoms with Crippen LogP contribution < -0.4 is 5.73 Å². The molecule has 0 unspecified atom stereocenters. The van der Waals surface area contributed by atoms with Gasteiger partial charge in [-0.3, -0.25) is 0 Å². The van der Waals surface area contributed by atoms with Gasteiger partial charge in [0.1, 0.15) is 0 Å². The minimum absolute atomic E-state index is 0.0456. The third-order valence-electron chi connectivity index (χ3n) is 3.87. The van der Waals surface area contributed by atoms with Crippen LogP contribution in [0.15, 0.2) is 24.3 Å². The zero-order chi connectivity index (χ0) is 11.6. The molecular weight excluding hydrogens is 215 g/mol. The highest BCUT2D eigenvalue weighted by molar-refractivity contribution is 5.43. The summed E-state index contributed by atoms with van der Waals surface area (Å²) in [6.45, 7) is 0. The Balaban J connectivity index is 1.93. The maximum absolute atomic E-state index is 12.5. The average molecular weight is 227 g/mol. The second-order valence-electron chi connectivity index (χ2n) is 5.25. The third kappa shape index (κ3) is 1.22. The molecule has 3 saturated carbocycles. The van der Waals surface area contributed by atoms with Gasteiger partial charge >= 0.3 is 6.18 Å². The molecule has 2 N–H and O–H groups in total. The maximum atomic E-state index is 12.5. The first kappa shape index (κ1) is 10.1. The van der Waals surface area contributed by atoms with Crippen molar-refractivity contribution in [1.29, 1.82) is 0 Å². The molecular formula is C12H12F3N. The molecule has 4 rings (SSSR count). The van der Waals surface area contributed by atoms with Crippen LogP contribution in [-0.4, -0.2) is 5.54 Å². The van der Waals surface area contributed by atoms with E-state index in [1.807, 2.05) is 0 Å². The number of nitrogens with two attached hydrogens (primary N) is 1. The highest BCUT2D eigenvalue weighted by Gasteiger charge is 2.66. The lowest BCUT2D eigenvalue weighted by Gasteiger charge is -2.69. The average Bonchev–Trinajstić information content (AvgIpc) is 2.10. The van der Waals surface area contributed by atoms with E-state index in [0.29, 0.717) is 0 Å². The molecule has 3 aliphatic carbocycles. The van der Waals surface area contributed by atoms with Crippen LogP contribution in [0, 0.1) is 0 Å². The summed E-state index contributed by atoms with van der Waals surface area (Å²) in [5.74, 6) is 0. The normalized spacial score (nSPS) is 36.5. The van der Waals surface area contributed by atoms with E-state index in [-0.39, 0.29) is 11.0 Å². The van der Waals surface area contributed by atoms with E-state index in [0.717, 1.165) is 30.9 Å². The molecule has 1 aromatic carbocycles. The van der Waals surface area contributed by atoms with E-state index in [2.05, 4.69) is 0 Å². The molecule has 2 bridgehead atoms. The summed E-state index contributed by atoms with van der Waals surface area (Å²) in [6.07, 6.45) is -1.75. The van der Waals surface area contributed by atoms with Gasteiger partial charge in [0.05, 0.1) is 5.56 Å². The summed E-state index contributed by atoms with van der Waals surface area (Å²) >= 11 is 0. The number of hydrogen-bond donors (Lipinski definition) is 1. The van der Waals surface area contributed by atoms with Crippen molar-refractivity contribution in [3.05, 3.63) is 35.4 Å². The first-order chi connectivity index (χ1) is 7.33. The molecule has 16 heavy (non-hydrogen) atoms. The van der Waals surface area contributed by atoms with Gasteiger partial charge in [-0.25, -0.2) is 0 Å². The Morgan fingerprint density at radius 2 is 1.75 bits per heavy atom. The molecule has 0 radical (unpaired) electrons. The maximum Gasteiger partial charge on any atom is 0.416 e. The van der Waals surface area contributed by atoms with E-state index in [4.69, 9.17) is 5.73 Å². The zero-order valence-electron chi connectivity index (χ0n) is 8.64. The van der Waals surface area contributed by atoms with Crippen LogP contribution in [0.2, 0.25) is 0 Å². The fourth-order valence-electron chi connectivity index (χ4n) is 3.20. The van der Waals surface area contributed by atoms with Crippen molar-refractivity contribution in [3.8, 4) is 0 Å². The molecule has 0 spiro atoms. The topological polar surface area (TPSA) is 26.0 Å². The Kier molecular flexibility index (Phi) is 1.66. The summed E-state index contributed by atoms with van der Waals surface area (Å²) in [6, 6.07) is 5.67. The summed E-state index contributed by atoms with van der Waals surface area (Å²) in [4.78, 5) is 0. The van der Waals surface area contributed by atoms with Crippen LogP contribution in [-0.2, 0) is 11.6 Å². The van der Waals surface area contributed by atoms with E-state index >= 15 is 0 Å². The molecule has 0 aliphatic heterocycles. The Morgan fingerprint density at radius 1 is 1.12 bits per heavy atom. The molecule has 4 heteroatoms. The van der Waals surface area contributed by atoms with Crippen LogP contribution in [0.1, 0.15) is 30.4 Å². The summed E-state index contributed by atoms with van der Waals surface area (Å²) in [7, 11) is 0. The molecule has 1 aromatic rings. The molecule has 3 aliphatic rings. The number of alkyl halides is 3. The van der Waals surface area contributed by atoms with Crippen molar-refractivity contribution < 1.29 is 13.2 Å². The van der Waals surface area contributed by atoms with Crippen molar-refractivity contribution in [2.45, 2.75) is 36.4 Å². The van der Waals surface area contributed by atoms with E-state index in [9.17, 15) is 13.2 Å². The Morgan fingerprint density at radius 3 is 2.25 bits per heavy atom. The molecule has 3 fully saturated rings. The Hall–Kier alpha value is -1.03. The smallest absolute Gasteiger partial charge is 0.325 e. The van der Waals surface area contributed by atoms with Crippen molar-refractivity contribution in [3.63, 3.8) is 0 Å². The summed E-state index contributed by atoms with van der Waals surface area (Å²) in [5.41, 5.74) is 6.04. The Bertz CT molecular complexity index is 430. The van der Waals surface area contributed by atoms with Crippen molar-refractivity contribution >= 4 is 0 Å². The minimum Gasteiger partial charge on any atom is -0.325 e. The van der Waals surface area contributed by atoms with Crippen LogP contribution in [0.25, 0.3) is 0 Å². The lowest BCUT2D eigenvalue weighted by Crippen LogP contribution is -2.74. The second kappa shape index (κ2) is 2.62. The number of rotatable bonds is 1. The monoisotopic (exact) mass is 227 g/mol. The van der Waals surface area contributed by atoms with Crippen molar-refractivity contribution in [1.82, 2.24) is 0 Å². The van der Waals surface area contributed by atoms with Gasteiger partial charge in [0.2, 0.25) is 0 Å². The van der Waals surface area contributed by atoms with Gasteiger partial charge < -0.3 is 5.73 Å². The lowest BCUT2D eigenvalue weighted by atomic mass is 9.38.